The highest BCUT2D eigenvalue weighted by Crippen LogP contribution is 2.17. The number of ketones is 1. The Balaban J connectivity index is 2.25. The smallest absolute Gasteiger partial charge is 0.152 e. The molecular weight excluding hydrogens is 128 g/mol. The second-order valence-corrected chi connectivity index (χ2v) is 3.69. The second kappa shape index (κ2) is 2.62. The molecule has 0 N–H and O–H groups in total. The Labute approximate surface area is 51.2 Å². The van der Waals surface area contributed by atoms with Crippen molar-refractivity contribution in [3.05, 3.63) is 0 Å². The first-order valence-corrected chi connectivity index (χ1v) is 4.38. The van der Waals surface area contributed by atoms with Crippen LogP contribution in [0.3, 0.4) is 0 Å². The van der Waals surface area contributed by atoms with Crippen molar-refractivity contribution in [1.82, 2.24) is 0 Å². The van der Waals surface area contributed by atoms with Gasteiger partial charge in [0.2, 0.25) is 0 Å². The van der Waals surface area contributed by atoms with Crippen molar-refractivity contribution >= 4 is 29.3 Å². The first-order chi connectivity index (χ1) is 3.39. The summed E-state index contributed by atoms with van der Waals surface area (Å²) in [4.78, 5) is 10.4. The molecule has 7 heavy (non-hydrogen) atoms. The molecule has 3 heteroatoms. The Morgan fingerprint density at radius 3 is 2.14 bits per heavy atom. The van der Waals surface area contributed by atoms with Gasteiger partial charge in [-0.2, -0.15) is 0 Å². The number of hydrogen-bond acceptors (Lipinski definition) is 3. The van der Waals surface area contributed by atoms with Crippen molar-refractivity contribution < 1.29 is 4.79 Å². The van der Waals surface area contributed by atoms with Crippen molar-refractivity contribution in [3.8, 4) is 0 Å². The Hall–Kier alpha value is 0.370. The van der Waals surface area contributed by atoms with E-state index >= 15 is 0 Å². The maximum absolute atomic E-state index is 10.4. The topological polar surface area (TPSA) is 17.1 Å². The average molecular weight is 134 g/mol. The fourth-order valence-electron chi connectivity index (χ4n) is 0.412. The van der Waals surface area contributed by atoms with Crippen LogP contribution in [0.2, 0.25) is 0 Å². The predicted molar refractivity (Wildman–Crippen MR) is 34.8 cm³/mol. The van der Waals surface area contributed by atoms with E-state index in [9.17, 15) is 4.79 Å². The number of rotatable bonds is 0. The van der Waals surface area contributed by atoms with Crippen molar-refractivity contribution in [1.29, 1.82) is 0 Å². The molecule has 1 fully saturated rings. The van der Waals surface area contributed by atoms with Crippen molar-refractivity contribution in [3.63, 3.8) is 0 Å². The third-order valence-corrected chi connectivity index (χ3v) is 3.08. The quantitative estimate of drug-likeness (QED) is 0.492. The van der Waals surface area contributed by atoms with Crippen LogP contribution in [-0.2, 0) is 4.79 Å². The molecule has 0 aromatic heterocycles. The summed E-state index contributed by atoms with van der Waals surface area (Å²) < 4.78 is 0. The zero-order chi connectivity index (χ0) is 5.11. The second-order valence-electron chi connectivity index (χ2n) is 1.35. The predicted octanol–water partition coefficient (Wildman–Crippen LogP) is 0.993. The van der Waals surface area contributed by atoms with Gasteiger partial charge in [0.1, 0.15) is 0 Å². The minimum atomic E-state index is 0.390. The lowest BCUT2D eigenvalue weighted by atomic mass is 10.5. The number of carbonyl (C=O) groups is 1. The molecular formula is C4H6OS2. The molecule has 0 aromatic carbocycles. The van der Waals surface area contributed by atoms with E-state index in [0.29, 0.717) is 5.78 Å². The average Bonchev–Trinajstić information content (AvgIpc) is 1.69. The molecule has 1 rings (SSSR count). The molecule has 1 saturated heterocycles. The van der Waals surface area contributed by atoms with Crippen LogP contribution in [0.25, 0.3) is 0 Å². The van der Waals surface area contributed by atoms with E-state index in [1.807, 2.05) is 0 Å². The molecule has 0 spiro atoms. The largest absolute Gasteiger partial charge is 0.298 e. The van der Waals surface area contributed by atoms with Crippen LogP contribution in [0.1, 0.15) is 0 Å². The summed E-state index contributed by atoms with van der Waals surface area (Å²) in [5.41, 5.74) is 0. The Kier molecular flexibility index (Phi) is 2.06. The number of thioether (sulfide) groups is 2. The van der Waals surface area contributed by atoms with E-state index in [2.05, 4.69) is 0 Å². The Morgan fingerprint density at radius 1 is 1.29 bits per heavy atom. The van der Waals surface area contributed by atoms with E-state index in [4.69, 9.17) is 0 Å². The molecule has 1 aliphatic rings. The van der Waals surface area contributed by atoms with Crippen LogP contribution in [0.15, 0.2) is 0 Å². The summed E-state index contributed by atoms with van der Waals surface area (Å²) >= 11 is 3.43. The lowest BCUT2D eigenvalue weighted by Crippen LogP contribution is -2.09. The maximum atomic E-state index is 10.4. The zero-order valence-electron chi connectivity index (χ0n) is 3.85. The molecule has 1 nitrogen and oxygen atoms in total. The van der Waals surface area contributed by atoms with Gasteiger partial charge in [0.05, 0.1) is 11.5 Å². The fourth-order valence-corrected chi connectivity index (χ4v) is 2.34. The lowest BCUT2D eigenvalue weighted by molar-refractivity contribution is -0.114. The van der Waals surface area contributed by atoms with Gasteiger partial charge in [-0.1, -0.05) is 0 Å². The summed E-state index contributed by atoms with van der Waals surface area (Å²) in [7, 11) is 0. The van der Waals surface area contributed by atoms with Gasteiger partial charge in [-0.25, -0.2) is 0 Å². The normalized spacial score (nSPS) is 22.6. The van der Waals surface area contributed by atoms with Crippen molar-refractivity contribution in [2.24, 2.45) is 0 Å². The van der Waals surface area contributed by atoms with Gasteiger partial charge >= 0.3 is 0 Å². The van der Waals surface area contributed by atoms with Crippen molar-refractivity contribution in [2.75, 3.05) is 16.6 Å². The van der Waals surface area contributed by atoms with Gasteiger partial charge in [0, 0.05) is 5.08 Å². The van der Waals surface area contributed by atoms with Crippen LogP contribution in [0, 0.1) is 0 Å². The molecule has 0 atom stereocenters. The van der Waals surface area contributed by atoms with Crippen LogP contribution in [-0.4, -0.2) is 22.4 Å². The SMILES string of the molecule is O=C1CSCSC1. The minimum Gasteiger partial charge on any atom is -0.298 e. The zero-order valence-corrected chi connectivity index (χ0v) is 5.48. The van der Waals surface area contributed by atoms with Crippen LogP contribution >= 0.6 is 23.5 Å². The number of hydrogen-bond donors (Lipinski definition) is 0. The number of Topliss-reactive ketones (excluding diaryl/α,β-unsaturated/α-hetero) is 1. The monoisotopic (exact) mass is 134 g/mol. The molecule has 0 unspecified atom stereocenters. The molecule has 0 saturated carbocycles. The first kappa shape index (κ1) is 5.51. The molecule has 1 heterocycles. The minimum absolute atomic E-state index is 0.390. The molecule has 40 valence electrons. The maximum Gasteiger partial charge on any atom is 0.152 e. The Bertz CT molecular complexity index is 73.8. The molecule has 0 radical (unpaired) electrons. The van der Waals surface area contributed by atoms with Gasteiger partial charge in [0.25, 0.3) is 0 Å². The standard InChI is InChI=1S/C4H6OS2/c5-4-1-6-3-7-2-4/h1-3H2. The third kappa shape index (κ3) is 1.74. The van der Waals surface area contributed by atoms with Gasteiger partial charge in [-0.15, -0.1) is 23.5 Å². The molecule has 0 aromatic rings. The summed E-state index contributed by atoms with van der Waals surface area (Å²) in [6, 6.07) is 0. The molecule has 1 aliphatic heterocycles. The molecule has 0 aliphatic carbocycles. The van der Waals surface area contributed by atoms with E-state index in [-0.39, 0.29) is 0 Å². The summed E-state index contributed by atoms with van der Waals surface area (Å²) in [5.74, 6) is 1.88. The Morgan fingerprint density at radius 2 is 1.86 bits per heavy atom. The van der Waals surface area contributed by atoms with Gasteiger partial charge in [0.15, 0.2) is 5.78 Å². The van der Waals surface area contributed by atoms with Gasteiger partial charge < -0.3 is 0 Å². The van der Waals surface area contributed by atoms with Crippen LogP contribution in [0.5, 0.6) is 0 Å². The van der Waals surface area contributed by atoms with Gasteiger partial charge in [-0.3, -0.25) is 4.79 Å². The summed E-state index contributed by atoms with van der Waals surface area (Å²) in [6.07, 6.45) is 0. The van der Waals surface area contributed by atoms with Crippen LogP contribution < -0.4 is 0 Å². The third-order valence-electron chi connectivity index (χ3n) is 0.693. The van der Waals surface area contributed by atoms with Crippen LogP contribution in [0.4, 0.5) is 0 Å². The fraction of sp³-hybridized carbons (Fsp3) is 0.750. The summed E-state index contributed by atoms with van der Waals surface area (Å²) in [5, 5.41) is 1.10. The molecule has 0 amide bonds. The first-order valence-electron chi connectivity index (χ1n) is 2.07. The van der Waals surface area contributed by atoms with E-state index < -0.39 is 0 Å². The number of carbonyl (C=O) groups excluding carboxylic acids is 1. The molecule has 0 bridgehead atoms. The highest BCUT2D eigenvalue weighted by Gasteiger charge is 2.06. The van der Waals surface area contributed by atoms with Crippen molar-refractivity contribution in [2.45, 2.75) is 0 Å². The highest BCUT2D eigenvalue weighted by molar-refractivity contribution is 8.17. The highest BCUT2D eigenvalue weighted by atomic mass is 32.2. The summed E-state index contributed by atoms with van der Waals surface area (Å²) in [6.45, 7) is 0. The van der Waals surface area contributed by atoms with E-state index in [1.165, 1.54) is 0 Å². The van der Waals surface area contributed by atoms with E-state index in [1.54, 1.807) is 23.5 Å². The van der Waals surface area contributed by atoms with Gasteiger partial charge in [-0.05, 0) is 0 Å². The lowest BCUT2D eigenvalue weighted by Gasteiger charge is -2.05. The van der Waals surface area contributed by atoms with E-state index in [0.717, 1.165) is 16.6 Å².